The number of hydrogen-bond acceptors (Lipinski definition) is 4. The van der Waals surface area contributed by atoms with E-state index in [2.05, 4.69) is 13.8 Å². The smallest absolute Gasteiger partial charge is 0.550 e. The Morgan fingerprint density at radius 2 is 1.05 bits per heavy atom. The minimum Gasteiger partial charge on any atom is -0.550 e. The number of unbranched alkanes of at least 4 members (excludes halogenated alkanes) is 4. The van der Waals surface area contributed by atoms with Crippen molar-refractivity contribution >= 4 is 11.9 Å². The number of carboxylic acid groups (broad SMARTS) is 2. The third-order valence-corrected chi connectivity index (χ3v) is 3.29. The maximum Gasteiger partial charge on any atom is 2.00 e. The number of aliphatic carboxylic acids is 2. The van der Waals surface area contributed by atoms with Crippen LogP contribution in [0.1, 0.15) is 79.1 Å². The Morgan fingerprint density at radius 3 is 1.24 bits per heavy atom. The first-order valence-corrected chi connectivity index (χ1v) is 7.78. The predicted octanol–water partition coefficient (Wildman–Crippen LogP) is 1.90. The van der Waals surface area contributed by atoms with E-state index in [1.54, 1.807) is 13.8 Å². The summed E-state index contributed by atoms with van der Waals surface area (Å²) < 4.78 is 0. The van der Waals surface area contributed by atoms with Crippen molar-refractivity contribution in [2.24, 2.45) is 11.8 Å². The third-order valence-electron chi connectivity index (χ3n) is 3.29. The molecule has 2 atom stereocenters. The van der Waals surface area contributed by atoms with Gasteiger partial charge in [0.15, 0.2) is 0 Å². The van der Waals surface area contributed by atoms with Crippen LogP contribution in [0.15, 0.2) is 0 Å². The molecule has 0 saturated carbocycles. The molecular weight excluding hydrogens is 320 g/mol. The van der Waals surface area contributed by atoms with Crippen LogP contribution in [0.2, 0.25) is 0 Å². The molecule has 129 valence electrons. The van der Waals surface area contributed by atoms with Gasteiger partial charge in [0.25, 0.3) is 0 Å². The topological polar surface area (TPSA) is 80.3 Å². The Bertz CT molecular complexity index is 231. The molecule has 0 aliphatic heterocycles. The Hall–Kier alpha value is -0.541. The van der Waals surface area contributed by atoms with Crippen LogP contribution < -0.4 is 10.2 Å². The monoisotopic (exact) mass is 349 g/mol. The van der Waals surface area contributed by atoms with E-state index in [9.17, 15) is 19.8 Å². The van der Waals surface area contributed by atoms with Gasteiger partial charge >= 0.3 is 17.1 Å². The molecule has 0 aromatic carbocycles. The fraction of sp³-hybridized carbons (Fsp3) is 0.875. The van der Waals surface area contributed by atoms with Gasteiger partial charge < -0.3 is 19.8 Å². The zero-order valence-electron chi connectivity index (χ0n) is 13.7. The average molecular weight is 350 g/mol. The van der Waals surface area contributed by atoms with E-state index in [4.69, 9.17) is 0 Å². The van der Waals surface area contributed by atoms with E-state index >= 15 is 0 Å². The summed E-state index contributed by atoms with van der Waals surface area (Å²) in [7, 11) is 0. The minimum atomic E-state index is -0.920. The largest absolute Gasteiger partial charge is 2.00 e. The summed E-state index contributed by atoms with van der Waals surface area (Å²) in [6.45, 7) is 7.60. The van der Waals surface area contributed by atoms with Crippen LogP contribution in [0.4, 0.5) is 0 Å². The third kappa shape index (κ3) is 19.5. The second kappa shape index (κ2) is 17.5. The van der Waals surface area contributed by atoms with Gasteiger partial charge in [-0.1, -0.05) is 66.2 Å². The molecule has 0 aromatic rings. The zero-order chi connectivity index (χ0) is 16.0. The van der Waals surface area contributed by atoms with E-state index in [1.807, 2.05) is 0 Å². The Morgan fingerprint density at radius 1 is 0.762 bits per heavy atom. The van der Waals surface area contributed by atoms with Crippen molar-refractivity contribution in [1.29, 1.82) is 0 Å². The van der Waals surface area contributed by atoms with Crippen molar-refractivity contribution in [3.05, 3.63) is 0 Å². The summed E-state index contributed by atoms with van der Waals surface area (Å²) in [6, 6.07) is 0. The number of carbonyl (C=O) groups is 2. The molecule has 0 aliphatic carbocycles. The van der Waals surface area contributed by atoms with Crippen LogP contribution in [0, 0.1) is 11.8 Å². The molecule has 0 fully saturated rings. The first-order valence-electron chi connectivity index (χ1n) is 7.78. The standard InChI is InChI=1S/2C8H16O2.Cu/c2*1-3-4-5-6-7(2)8(9)10;/h2*7H,3-6H2,1-2H3,(H,9,10);/q;;+2/p-2. The van der Waals surface area contributed by atoms with Crippen molar-refractivity contribution in [1.82, 2.24) is 0 Å². The van der Waals surface area contributed by atoms with Crippen LogP contribution in [-0.4, -0.2) is 11.9 Å². The fourth-order valence-electron chi connectivity index (χ4n) is 1.64. The van der Waals surface area contributed by atoms with Gasteiger partial charge in [-0.15, -0.1) is 0 Å². The van der Waals surface area contributed by atoms with Crippen molar-refractivity contribution in [2.45, 2.75) is 79.1 Å². The van der Waals surface area contributed by atoms with Gasteiger partial charge in [-0.3, -0.25) is 0 Å². The molecule has 0 spiro atoms. The van der Waals surface area contributed by atoms with Crippen LogP contribution in [0.5, 0.6) is 0 Å². The zero-order valence-corrected chi connectivity index (χ0v) is 14.7. The van der Waals surface area contributed by atoms with Crippen molar-refractivity contribution in [3.8, 4) is 0 Å². The molecule has 0 heterocycles. The van der Waals surface area contributed by atoms with Crippen molar-refractivity contribution < 1.29 is 36.9 Å². The summed E-state index contributed by atoms with van der Waals surface area (Å²) >= 11 is 0. The SMILES string of the molecule is CCCCCC(C)C(=O)[O-].CCCCCC(C)C(=O)[O-].[Cu+2]. The average Bonchev–Trinajstić information content (AvgIpc) is 2.39. The van der Waals surface area contributed by atoms with Crippen LogP contribution in [-0.2, 0) is 26.7 Å². The van der Waals surface area contributed by atoms with E-state index in [1.165, 1.54) is 0 Å². The Kier molecular flexibility index (Phi) is 21.2. The van der Waals surface area contributed by atoms with E-state index < -0.39 is 11.9 Å². The Balaban J connectivity index is -0.000000295. The van der Waals surface area contributed by atoms with Gasteiger partial charge in [-0.2, -0.15) is 0 Å². The van der Waals surface area contributed by atoms with Crippen LogP contribution in [0.3, 0.4) is 0 Å². The maximum atomic E-state index is 10.2. The molecule has 0 amide bonds. The van der Waals surface area contributed by atoms with E-state index in [0.29, 0.717) is 0 Å². The van der Waals surface area contributed by atoms with Gasteiger partial charge in [-0.25, -0.2) is 0 Å². The summed E-state index contributed by atoms with van der Waals surface area (Å²) in [6.07, 6.45) is 8.05. The number of carboxylic acids is 2. The van der Waals surface area contributed by atoms with Gasteiger partial charge in [0.05, 0.1) is 0 Å². The fourth-order valence-corrected chi connectivity index (χ4v) is 1.64. The molecule has 0 saturated heterocycles. The van der Waals surface area contributed by atoms with Gasteiger partial charge in [0.1, 0.15) is 0 Å². The second-order valence-corrected chi connectivity index (χ2v) is 5.43. The molecule has 2 unspecified atom stereocenters. The molecule has 4 nitrogen and oxygen atoms in total. The van der Waals surface area contributed by atoms with Crippen molar-refractivity contribution in [2.75, 3.05) is 0 Å². The second-order valence-electron chi connectivity index (χ2n) is 5.43. The predicted molar refractivity (Wildman–Crippen MR) is 76.6 cm³/mol. The van der Waals surface area contributed by atoms with E-state index in [-0.39, 0.29) is 28.9 Å². The number of hydrogen-bond donors (Lipinski definition) is 0. The molecule has 0 aromatic heterocycles. The number of carbonyl (C=O) groups excluding carboxylic acids is 2. The van der Waals surface area contributed by atoms with Gasteiger partial charge in [-0.05, 0) is 24.7 Å². The molecule has 0 aliphatic rings. The maximum absolute atomic E-state index is 10.2. The molecule has 0 bridgehead atoms. The summed E-state index contributed by atoms with van der Waals surface area (Å²) in [5.74, 6) is -2.38. The molecule has 0 N–H and O–H groups in total. The molecule has 0 rings (SSSR count). The summed E-state index contributed by atoms with van der Waals surface area (Å²) in [5.41, 5.74) is 0. The normalized spacial score (nSPS) is 12.4. The first kappa shape index (κ1) is 25.4. The molecular formula is C16H30CuO4. The minimum absolute atomic E-state index is 0. The van der Waals surface area contributed by atoms with Crippen LogP contribution in [0.25, 0.3) is 0 Å². The number of rotatable bonds is 10. The van der Waals surface area contributed by atoms with Gasteiger partial charge in [0, 0.05) is 11.9 Å². The van der Waals surface area contributed by atoms with Crippen molar-refractivity contribution in [3.63, 3.8) is 0 Å². The molecule has 1 radical (unpaired) electrons. The summed E-state index contributed by atoms with van der Waals surface area (Å²) in [4.78, 5) is 20.4. The van der Waals surface area contributed by atoms with E-state index in [0.717, 1.165) is 51.4 Å². The van der Waals surface area contributed by atoms with Gasteiger partial charge in [0.2, 0.25) is 0 Å². The summed E-state index contributed by atoms with van der Waals surface area (Å²) in [5, 5.41) is 20.4. The molecule has 5 heteroatoms. The quantitative estimate of drug-likeness (QED) is 0.445. The Labute approximate surface area is 140 Å². The molecule has 21 heavy (non-hydrogen) atoms. The first-order chi connectivity index (χ1) is 9.36. The van der Waals surface area contributed by atoms with Crippen LogP contribution >= 0.6 is 0 Å².